The minimum absolute atomic E-state index is 0.140. The Hall–Kier alpha value is -2.54. The standard InChI is InChI=1S/C25H34N4O3/c1-31-22-14-19-21(15-23(22)32-13-5-12-29-10-2-3-11-29)28-20-7-4-6-18(20)25(19)27-17-8-9-24(30)26-16-17/h14-15,17H,2-13,16H2,1H3,(H,26,30)(H,27,28). The highest BCUT2D eigenvalue weighted by Crippen LogP contribution is 2.40. The predicted octanol–water partition coefficient (Wildman–Crippen LogP) is 3.29. The lowest BCUT2D eigenvalue weighted by Crippen LogP contribution is -2.42. The van der Waals surface area contributed by atoms with Crippen LogP contribution in [0.4, 0.5) is 5.69 Å². The van der Waals surface area contributed by atoms with Gasteiger partial charge in [0.1, 0.15) is 0 Å². The average molecular weight is 439 g/mol. The molecule has 7 nitrogen and oxygen atoms in total. The minimum Gasteiger partial charge on any atom is -0.493 e. The number of ether oxygens (including phenoxy) is 2. The SMILES string of the molecule is COc1cc2c(NC3CCC(=O)NC3)c3c(nc2cc1OCCCN1CCCC1)CCC3. The van der Waals surface area contributed by atoms with Crippen LogP contribution in [0.3, 0.4) is 0 Å². The van der Waals surface area contributed by atoms with Crippen molar-refractivity contribution in [1.82, 2.24) is 15.2 Å². The summed E-state index contributed by atoms with van der Waals surface area (Å²) >= 11 is 0. The summed E-state index contributed by atoms with van der Waals surface area (Å²) in [5, 5.41) is 7.80. The van der Waals surface area contributed by atoms with Crippen molar-refractivity contribution in [3.63, 3.8) is 0 Å². The molecule has 2 aromatic rings. The zero-order valence-electron chi connectivity index (χ0n) is 19.0. The number of carbonyl (C=O) groups excluding carboxylic acids is 1. The molecule has 1 amide bonds. The molecule has 172 valence electrons. The molecule has 7 heteroatoms. The molecule has 2 fully saturated rings. The van der Waals surface area contributed by atoms with E-state index in [0.29, 0.717) is 19.6 Å². The first-order valence-corrected chi connectivity index (χ1v) is 12.1. The number of carbonyl (C=O) groups is 1. The lowest BCUT2D eigenvalue weighted by Gasteiger charge is -2.26. The van der Waals surface area contributed by atoms with Gasteiger partial charge < -0.3 is 25.0 Å². The number of amides is 1. The number of methoxy groups -OCH3 is 1. The van der Waals surface area contributed by atoms with Gasteiger partial charge in [-0.15, -0.1) is 0 Å². The lowest BCUT2D eigenvalue weighted by atomic mass is 10.0. The summed E-state index contributed by atoms with van der Waals surface area (Å²) in [6, 6.07) is 4.34. The number of hydrogen-bond donors (Lipinski definition) is 2. The summed E-state index contributed by atoms with van der Waals surface area (Å²) in [5.74, 6) is 1.65. The molecule has 1 atom stereocenters. The van der Waals surface area contributed by atoms with Crippen LogP contribution in [-0.2, 0) is 17.6 Å². The van der Waals surface area contributed by atoms with Gasteiger partial charge in [0.2, 0.25) is 5.91 Å². The molecule has 0 saturated carbocycles. The third kappa shape index (κ3) is 4.49. The molecule has 1 aliphatic carbocycles. The van der Waals surface area contributed by atoms with Gasteiger partial charge in [-0.25, -0.2) is 0 Å². The van der Waals surface area contributed by atoms with E-state index < -0.39 is 0 Å². The molecule has 0 bridgehead atoms. The monoisotopic (exact) mass is 438 g/mol. The van der Waals surface area contributed by atoms with Crippen LogP contribution in [0, 0.1) is 0 Å². The molecule has 1 aromatic carbocycles. The third-order valence-corrected chi connectivity index (χ3v) is 6.99. The highest BCUT2D eigenvalue weighted by Gasteiger charge is 2.25. The maximum atomic E-state index is 11.6. The van der Waals surface area contributed by atoms with E-state index in [1.165, 1.54) is 37.2 Å². The van der Waals surface area contributed by atoms with Crippen LogP contribution in [0.5, 0.6) is 11.5 Å². The normalized spacial score (nSPS) is 20.9. The van der Waals surface area contributed by atoms with Crippen molar-refractivity contribution in [2.24, 2.45) is 0 Å². The summed E-state index contributed by atoms with van der Waals surface area (Å²) < 4.78 is 11.9. The average Bonchev–Trinajstić information content (AvgIpc) is 3.49. The van der Waals surface area contributed by atoms with Gasteiger partial charge in [-0.1, -0.05) is 0 Å². The number of benzene rings is 1. The number of anilines is 1. The Morgan fingerprint density at radius 2 is 2.03 bits per heavy atom. The molecule has 3 aliphatic rings. The van der Waals surface area contributed by atoms with E-state index in [2.05, 4.69) is 21.6 Å². The van der Waals surface area contributed by atoms with E-state index in [4.69, 9.17) is 14.5 Å². The van der Waals surface area contributed by atoms with Crippen molar-refractivity contribution >= 4 is 22.5 Å². The number of nitrogens with zero attached hydrogens (tertiary/aromatic N) is 2. The van der Waals surface area contributed by atoms with E-state index in [-0.39, 0.29) is 11.9 Å². The first-order valence-electron chi connectivity index (χ1n) is 12.1. The fourth-order valence-electron chi connectivity index (χ4n) is 5.24. The predicted molar refractivity (Wildman–Crippen MR) is 126 cm³/mol. The van der Waals surface area contributed by atoms with Crippen molar-refractivity contribution in [2.45, 2.75) is 57.4 Å². The number of piperidine rings is 1. The highest BCUT2D eigenvalue weighted by molar-refractivity contribution is 5.96. The van der Waals surface area contributed by atoms with Crippen molar-refractivity contribution in [2.75, 3.05) is 45.2 Å². The molecule has 3 heterocycles. The Bertz CT molecular complexity index is 977. The maximum Gasteiger partial charge on any atom is 0.220 e. The van der Waals surface area contributed by atoms with Gasteiger partial charge in [0.05, 0.1) is 19.2 Å². The number of pyridine rings is 1. The Morgan fingerprint density at radius 1 is 1.16 bits per heavy atom. The second kappa shape index (κ2) is 9.53. The van der Waals surface area contributed by atoms with E-state index >= 15 is 0 Å². The molecule has 1 aromatic heterocycles. The molecule has 0 spiro atoms. The Labute approximate surface area is 189 Å². The fourth-order valence-corrected chi connectivity index (χ4v) is 5.24. The van der Waals surface area contributed by atoms with E-state index in [0.717, 1.165) is 66.7 Å². The molecule has 5 rings (SSSR count). The molecule has 32 heavy (non-hydrogen) atoms. The smallest absolute Gasteiger partial charge is 0.220 e. The molecule has 2 N–H and O–H groups in total. The number of nitrogens with one attached hydrogen (secondary N) is 2. The van der Waals surface area contributed by atoms with Gasteiger partial charge in [0.15, 0.2) is 11.5 Å². The van der Waals surface area contributed by atoms with E-state index in [9.17, 15) is 4.79 Å². The highest BCUT2D eigenvalue weighted by atomic mass is 16.5. The van der Waals surface area contributed by atoms with Gasteiger partial charge in [-0.05, 0) is 69.7 Å². The molecule has 2 saturated heterocycles. The lowest BCUT2D eigenvalue weighted by molar-refractivity contribution is -0.122. The van der Waals surface area contributed by atoms with E-state index in [1.807, 2.05) is 6.07 Å². The van der Waals surface area contributed by atoms with E-state index in [1.54, 1.807) is 7.11 Å². The van der Waals surface area contributed by atoms with Crippen LogP contribution in [0.25, 0.3) is 10.9 Å². The third-order valence-electron chi connectivity index (χ3n) is 6.99. The second-order valence-corrected chi connectivity index (χ2v) is 9.22. The number of aromatic nitrogens is 1. The molecular weight excluding hydrogens is 404 g/mol. The van der Waals surface area contributed by atoms with Crippen molar-refractivity contribution in [3.05, 3.63) is 23.4 Å². The van der Waals surface area contributed by atoms with Crippen LogP contribution in [0.2, 0.25) is 0 Å². The van der Waals surface area contributed by atoms with Crippen molar-refractivity contribution < 1.29 is 14.3 Å². The summed E-state index contributed by atoms with van der Waals surface area (Å²) in [4.78, 5) is 19.1. The fraction of sp³-hybridized carbons (Fsp3) is 0.600. The van der Waals surface area contributed by atoms with Crippen LogP contribution < -0.4 is 20.1 Å². The molecular formula is C25H34N4O3. The number of hydrogen-bond acceptors (Lipinski definition) is 6. The van der Waals surface area contributed by atoms with Crippen LogP contribution in [-0.4, -0.2) is 61.7 Å². The first-order chi connectivity index (χ1) is 15.7. The Kier molecular flexibility index (Phi) is 6.35. The summed E-state index contributed by atoms with van der Waals surface area (Å²) in [5.41, 5.74) is 4.60. The van der Waals surface area contributed by atoms with Gasteiger partial charge in [-0.2, -0.15) is 0 Å². The molecule has 1 unspecified atom stereocenters. The summed E-state index contributed by atoms with van der Waals surface area (Å²) in [6.07, 6.45) is 8.25. The Morgan fingerprint density at radius 3 is 2.81 bits per heavy atom. The van der Waals surface area contributed by atoms with Crippen molar-refractivity contribution in [1.29, 1.82) is 0 Å². The first kappa shape index (κ1) is 21.3. The number of fused-ring (bicyclic) bond motifs is 2. The Balaban J connectivity index is 1.38. The number of aryl methyl sites for hydroxylation is 1. The van der Waals surface area contributed by atoms with Crippen LogP contribution in [0.1, 0.15) is 49.8 Å². The quantitative estimate of drug-likeness (QED) is 0.616. The zero-order chi connectivity index (χ0) is 21.9. The van der Waals surface area contributed by atoms with Crippen molar-refractivity contribution in [3.8, 4) is 11.5 Å². The minimum atomic E-state index is 0.140. The van der Waals surface area contributed by atoms with Gasteiger partial charge >= 0.3 is 0 Å². The number of likely N-dealkylation sites (tertiary alicyclic amines) is 1. The van der Waals surface area contributed by atoms with Crippen LogP contribution >= 0.6 is 0 Å². The van der Waals surface area contributed by atoms with Gasteiger partial charge in [-0.3, -0.25) is 9.78 Å². The zero-order valence-corrected chi connectivity index (χ0v) is 19.0. The molecule has 2 aliphatic heterocycles. The van der Waals surface area contributed by atoms with Gasteiger partial charge in [0, 0.05) is 48.4 Å². The summed E-state index contributed by atoms with van der Waals surface area (Å²) in [6.45, 7) is 4.86. The number of rotatable bonds is 8. The van der Waals surface area contributed by atoms with Crippen LogP contribution in [0.15, 0.2) is 12.1 Å². The largest absolute Gasteiger partial charge is 0.493 e. The van der Waals surface area contributed by atoms with Gasteiger partial charge in [0.25, 0.3) is 0 Å². The second-order valence-electron chi connectivity index (χ2n) is 9.22. The topological polar surface area (TPSA) is 75.7 Å². The summed E-state index contributed by atoms with van der Waals surface area (Å²) in [7, 11) is 1.70. The molecule has 0 radical (unpaired) electrons. The maximum absolute atomic E-state index is 11.6.